The number of rotatable bonds is 11. The molecule has 0 bridgehead atoms. The highest BCUT2D eigenvalue weighted by atomic mass is 79.9. The summed E-state index contributed by atoms with van der Waals surface area (Å²) < 4.78 is 8.49. The molecule has 0 atom stereocenters. The number of fused-ring (bicyclic) bond motifs is 1. The summed E-state index contributed by atoms with van der Waals surface area (Å²) in [6.07, 6.45) is 4.70. The molecule has 4 aromatic rings. The second-order valence-corrected chi connectivity index (χ2v) is 8.79. The maximum atomic E-state index is 10.1. The number of anilines is 2. The lowest BCUT2D eigenvalue weighted by atomic mass is 10.3. The van der Waals surface area contributed by atoms with Crippen LogP contribution in [0.15, 0.2) is 64.4 Å². The van der Waals surface area contributed by atoms with E-state index in [-0.39, 0.29) is 6.61 Å². The van der Waals surface area contributed by atoms with E-state index in [4.69, 9.17) is 9.84 Å². The van der Waals surface area contributed by atoms with Crippen molar-refractivity contribution in [2.75, 3.05) is 24.8 Å². The number of aromatic nitrogens is 4. The first-order chi connectivity index (χ1) is 16.5. The van der Waals surface area contributed by atoms with Gasteiger partial charge in [0.1, 0.15) is 22.9 Å². The van der Waals surface area contributed by atoms with Gasteiger partial charge in [-0.1, -0.05) is 15.9 Å². The Balaban J connectivity index is 1.47. The van der Waals surface area contributed by atoms with Gasteiger partial charge in [0, 0.05) is 10.2 Å². The second-order valence-electron chi connectivity index (χ2n) is 7.08. The quantitative estimate of drug-likeness (QED) is 0.114. The standard InChI is InChI=1S/C22H21BrN6O4S/c1-34-22-19-20(24-14-25-21(19)28(27-22)17-8-4-15(23)5-9-17)26-16-6-10-18(11-7-16)32-12-2-3-13-33-29(30)31/h4-11,14H,2-3,12-13H2,1H3,(H,24,25,26). The van der Waals surface area contributed by atoms with Crippen LogP contribution in [0, 0.1) is 10.1 Å². The topological polar surface area (TPSA) is 117 Å². The van der Waals surface area contributed by atoms with Crippen molar-refractivity contribution in [3.63, 3.8) is 0 Å². The van der Waals surface area contributed by atoms with Crippen LogP contribution in [0.5, 0.6) is 5.75 Å². The molecule has 0 amide bonds. The molecule has 2 heterocycles. The van der Waals surface area contributed by atoms with E-state index in [1.165, 1.54) is 18.1 Å². The first kappa shape index (κ1) is 23.8. The van der Waals surface area contributed by atoms with Crippen LogP contribution in [-0.4, -0.2) is 44.3 Å². The Morgan fingerprint density at radius 2 is 1.82 bits per heavy atom. The van der Waals surface area contributed by atoms with Gasteiger partial charge in [-0.05, 0) is 67.6 Å². The van der Waals surface area contributed by atoms with Gasteiger partial charge in [0.15, 0.2) is 5.65 Å². The lowest BCUT2D eigenvalue weighted by Crippen LogP contribution is -2.04. The van der Waals surface area contributed by atoms with Crippen LogP contribution in [-0.2, 0) is 4.84 Å². The molecule has 0 fully saturated rings. The smallest absolute Gasteiger partial charge is 0.294 e. The van der Waals surface area contributed by atoms with Gasteiger partial charge < -0.3 is 14.9 Å². The maximum absolute atomic E-state index is 10.1. The van der Waals surface area contributed by atoms with Crippen molar-refractivity contribution >= 4 is 50.2 Å². The van der Waals surface area contributed by atoms with Crippen molar-refractivity contribution in [1.29, 1.82) is 0 Å². The molecule has 0 unspecified atom stereocenters. The van der Waals surface area contributed by atoms with E-state index < -0.39 is 5.09 Å². The number of hydrogen-bond donors (Lipinski definition) is 1. The average Bonchev–Trinajstić information content (AvgIpc) is 3.22. The van der Waals surface area contributed by atoms with Crippen molar-refractivity contribution in [2.24, 2.45) is 0 Å². The minimum Gasteiger partial charge on any atom is -0.494 e. The highest BCUT2D eigenvalue weighted by Gasteiger charge is 2.17. The second kappa shape index (κ2) is 11.2. The molecule has 12 heteroatoms. The fourth-order valence-corrected chi connectivity index (χ4v) is 4.05. The summed E-state index contributed by atoms with van der Waals surface area (Å²) in [6.45, 7) is 0.524. The summed E-state index contributed by atoms with van der Waals surface area (Å²) in [5, 5.41) is 19.1. The number of ether oxygens (including phenoxy) is 1. The summed E-state index contributed by atoms with van der Waals surface area (Å²) in [7, 11) is 0. The van der Waals surface area contributed by atoms with Gasteiger partial charge in [-0.3, -0.25) is 0 Å². The van der Waals surface area contributed by atoms with E-state index >= 15 is 0 Å². The molecular weight excluding hydrogens is 524 g/mol. The van der Waals surface area contributed by atoms with Crippen LogP contribution in [0.2, 0.25) is 0 Å². The predicted octanol–water partition coefficient (Wildman–Crippen LogP) is 5.41. The number of benzene rings is 2. The number of thioether (sulfide) groups is 1. The highest BCUT2D eigenvalue weighted by molar-refractivity contribution is 9.10. The van der Waals surface area contributed by atoms with Gasteiger partial charge in [-0.15, -0.1) is 21.9 Å². The Labute approximate surface area is 207 Å². The first-order valence-electron chi connectivity index (χ1n) is 10.4. The number of nitrogens with one attached hydrogen (secondary N) is 1. The van der Waals surface area contributed by atoms with Crippen LogP contribution in [0.1, 0.15) is 12.8 Å². The Kier molecular flexibility index (Phi) is 7.80. The lowest BCUT2D eigenvalue weighted by Gasteiger charge is -2.09. The fraction of sp³-hybridized carbons (Fsp3) is 0.227. The summed E-state index contributed by atoms with van der Waals surface area (Å²) in [6, 6.07) is 15.4. The molecule has 10 nitrogen and oxygen atoms in total. The number of nitrogens with zero attached hydrogens (tertiary/aromatic N) is 5. The Morgan fingerprint density at radius 1 is 1.09 bits per heavy atom. The molecule has 2 aromatic carbocycles. The molecule has 0 radical (unpaired) electrons. The summed E-state index contributed by atoms with van der Waals surface area (Å²) >= 11 is 5.00. The number of hydrogen-bond acceptors (Lipinski definition) is 9. The zero-order valence-electron chi connectivity index (χ0n) is 18.2. The molecule has 4 rings (SSSR count). The molecule has 0 aliphatic carbocycles. The van der Waals surface area contributed by atoms with Crippen molar-refractivity contribution in [3.05, 3.63) is 69.4 Å². The third-order valence-electron chi connectivity index (χ3n) is 4.82. The van der Waals surface area contributed by atoms with Gasteiger partial charge in [0.25, 0.3) is 5.09 Å². The molecule has 0 aliphatic rings. The average molecular weight is 545 g/mol. The van der Waals surface area contributed by atoms with E-state index in [9.17, 15) is 10.1 Å². The van der Waals surface area contributed by atoms with Crippen LogP contribution in [0.25, 0.3) is 16.7 Å². The first-order valence-corrected chi connectivity index (χ1v) is 12.4. The zero-order valence-corrected chi connectivity index (χ0v) is 20.6. The molecule has 34 heavy (non-hydrogen) atoms. The largest absolute Gasteiger partial charge is 0.494 e. The van der Waals surface area contributed by atoms with Gasteiger partial charge in [-0.2, -0.15) is 5.10 Å². The molecular formula is C22H21BrN6O4S. The van der Waals surface area contributed by atoms with Crippen molar-refractivity contribution in [3.8, 4) is 11.4 Å². The van der Waals surface area contributed by atoms with E-state index in [0.717, 1.165) is 26.3 Å². The van der Waals surface area contributed by atoms with Crippen molar-refractivity contribution < 1.29 is 14.7 Å². The van der Waals surface area contributed by atoms with E-state index in [1.54, 1.807) is 0 Å². The third kappa shape index (κ3) is 5.75. The molecule has 0 saturated heterocycles. The Morgan fingerprint density at radius 3 is 2.53 bits per heavy atom. The number of unbranched alkanes of at least 4 members (excludes halogenated alkanes) is 1. The van der Waals surface area contributed by atoms with Crippen LogP contribution in [0.3, 0.4) is 0 Å². The van der Waals surface area contributed by atoms with E-state index in [0.29, 0.717) is 36.7 Å². The molecule has 0 saturated carbocycles. The monoisotopic (exact) mass is 544 g/mol. The molecule has 176 valence electrons. The lowest BCUT2D eigenvalue weighted by molar-refractivity contribution is -0.757. The predicted molar refractivity (Wildman–Crippen MR) is 134 cm³/mol. The zero-order chi connectivity index (χ0) is 23.9. The van der Waals surface area contributed by atoms with Gasteiger partial charge in [-0.25, -0.2) is 14.6 Å². The van der Waals surface area contributed by atoms with Gasteiger partial charge in [0.2, 0.25) is 0 Å². The van der Waals surface area contributed by atoms with Crippen LogP contribution < -0.4 is 10.1 Å². The number of halogens is 1. The third-order valence-corrected chi connectivity index (χ3v) is 6.02. The molecule has 2 aromatic heterocycles. The van der Waals surface area contributed by atoms with Crippen molar-refractivity contribution in [1.82, 2.24) is 19.7 Å². The maximum Gasteiger partial charge on any atom is 0.294 e. The minimum atomic E-state index is -0.786. The fourth-order valence-electron chi connectivity index (χ4n) is 3.23. The van der Waals surface area contributed by atoms with Crippen LogP contribution in [0.4, 0.5) is 11.5 Å². The van der Waals surface area contributed by atoms with Crippen LogP contribution >= 0.6 is 27.7 Å². The van der Waals surface area contributed by atoms with Gasteiger partial charge >= 0.3 is 0 Å². The normalized spacial score (nSPS) is 10.9. The van der Waals surface area contributed by atoms with Crippen molar-refractivity contribution in [2.45, 2.75) is 17.9 Å². The van der Waals surface area contributed by atoms with Gasteiger partial charge in [0.05, 0.1) is 24.3 Å². The SMILES string of the molecule is CSc1nn(-c2ccc(Br)cc2)c2ncnc(Nc3ccc(OCCCCO[N+](=O)[O-])cc3)c12. The summed E-state index contributed by atoms with van der Waals surface area (Å²) in [5.41, 5.74) is 2.46. The highest BCUT2D eigenvalue weighted by Crippen LogP contribution is 2.33. The molecule has 0 spiro atoms. The minimum absolute atomic E-state index is 0.0725. The Hall–Kier alpha value is -3.38. The Bertz CT molecular complexity index is 1270. The van der Waals surface area contributed by atoms with E-state index in [1.807, 2.05) is 59.5 Å². The molecule has 1 N–H and O–H groups in total. The molecule has 0 aliphatic heterocycles. The van der Waals surface area contributed by atoms with E-state index in [2.05, 4.69) is 36.1 Å². The summed E-state index contributed by atoms with van der Waals surface area (Å²) in [4.78, 5) is 23.4. The summed E-state index contributed by atoms with van der Waals surface area (Å²) in [5.74, 6) is 1.37.